The van der Waals surface area contributed by atoms with Crippen LogP contribution in [-0.4, -0.2) is 51.8 Å². The topological polar surface area (TPSA) is 43.5 Å². The summed E-state index contributed by atoms with van der Waals surface area (Å²) < 4.78 is 22.9. The van der Waals surface area contributed by atoms with Crippen molar-refractivity contribution < 1.29 is 18.9 Å². The third-order valence-corrected chi connectivity index (χ3v) is 8.05. The second-order valence-corrected chi connectivity index (χ2v) is 10.6. The van der Waals surface area contributed by atoms with Gasteiger partial charge in [-0.25, -0.2) is 0 Å². The molecule has 0 aromatic rings. The van der Waals surface area contributed by atoms with E-state index in [2.05, 4.69) is 0 Å². The lowest BCUT2D eigenvalue weighted by molar-refractivity contribution is 0.0380. The normalized spacial score (nSPS) is 36.6. The van der Waals surface area contributed by atoms with Crippen LogP contribution in [0.1, 0.15) is 89.9 Å². The summed E-state index contributed by atoms with van der Waals surface area (Å²) in [6.07, 6.45) is 20.5. The summed E-state index contributed by atoms with van der Waals surface area (Å²) in [5.41, 5.74) is 0. The Hall–Kier alpha value is -0.160. The predicted molar refractivity (Wildman–Crippen MR) is 120 cm³/mol. The van der Waals surface area contributed by atoms with Crippen molar-refractivity contribution >= 4 is 0 Å². The van der Waals surface area contributed by atoms with Crippen molar-refractivity contribution in [3.05, 3.63) is 0 Å². The lowest BCUT2D eigenvalue weighted by Crippen LogP contribution is -2.28. The van der Waals surface area contributed by atoms with E-state index < -0.39 is 0 Å². The molecular weight excluding hydrogens is 376 g/mol. The summed E-state index contributed by atoms with van der Waals surface area (Å²) in [6.45, 7) is 5.33. The Balaban J connectivity index is 1.34. The van der Waals surface area contributed by atoms with Gasteiger partial charge in [0.15, 0.2) is 0 Å². The molecule has 0 aromatic carbocycles. The first-order valence-electron chi connectivity index (χ1n) is 13.3. The predicted octanol–water partition coefficient (Wildman–Crippen LogP) is 5.77. The van der Waals surface area contributed by atoms with Crippen LogP contribution in [0, 0.1) is 23.7 Å². The van der Waals surface area contributed by atoms with Crippen LogP contribution in [-0.2, 0) is 18.9 Å². The van der Waals surface area contributed by atoms with E-state index in [1.807, 2.05) is 0 Å². The molecule has 2 saturated heterocycles. The quantitative estimate of drug-likeness (QED) is 0.442. The Bertz CT molecular complexity index is 452. The molecule has 2 aliphatic carbocycles. The van der Waals surface area contributed by atoms with Gasteiger partial charge >= 0.3 is 0 Å². The second kappa shape index (κ2) is 12.8. The molecule has 5 unspecified atom stereocenters. The first-order chi connectivity index (χ1) is 14.9. The van der Waals surface area contributed by atoms with E-state index in [4.69, 9.17) is 18.9 Å². The molecular formula is C26H46O4. The fraction of sp³-hybridized carbons (Fsp3) is 1.00. The lowest BCUT2D eigenvalue weighted by atomic mass is 9.73. The zero-order valence-electron chi connectivity index (χ0n) is 19.2. The summed E-state index contributed by atoms with van der Waals surface area (Å²) in [5, 5.41) is 0. The van der Waals surface area contributed by atoms with E-state index in [0.717, 1.165) is 63.3 Å². The van der Waals surface area contributed by atoms with Gasteiger partial charge in [0, 0.05) is 13.2 Å². The number of hydrogen-bond acceptors (Lipinski definition) is 4. The Morgan fingerprint density at radius 2 is 1.10 bits per heavy atom. The summed E-state index contributed by atoms with van der Waals surface area (Å²) in [7, 11) is 0. The fourth-order valence-corrected chi connectivity index (χ4v) is 5.99. The zero-order valence-corrected chi connectivity index (χ0v) is 19.2. The molecule has 30 heavy (non-hydrogen) atoms. The van der Waals surface area contributed by atoms with Crippen molar-refractivity contribution in [1.82, 2.24) is 0 Å². The molecule has 174 valence electrons. The van der Waals surface area contributed by atoms with E-state index in [1.54, 1.807) is 0 Å². The van der Waals surface area contributed by atoms with Gasteiger partial charge in [-0.2, -0.15) is 0 Å². The average molecular weight is 423 g/mol. The number of hydrogen-bond donors (Lipinski definition) is 0. The third kappa shape index (κ3) is 8.41. The Morgan fingerprint density at radius 3 is 1.77 bits per heavy atom. The molecule has 0 bridgehead atoms. The summed E-state index contributed by atoms with van der Waals surface area (Å²) in [4.78, 5) is 0. The van der Waals surface area contributed by atoms with E-state index in [-0.39, 0.29) is 0 Å². The van der Waals surface area contributed by atoms with E-state index in [1.165, 1.54) is 89.9 Å². The van der Waals surface area contributed by atoms with E-state index >= 15 is 0 Å². The van der Waals surface area contributed by atoms with Crippen LogP contribution in [0.3, 0.4) is 0 Å². The van der Waals surface area contributed by atoms with Crippen molar-refractivity contribution in [2.24, 2.45) is 23.7 Å². The highest BCUT2D eigenvalue weighted by molar-refractivity contribution is 4.82. The highest BCUT2D eigenvalue weighted by Gasteiger charge is 2.32. The van der Waals surface area contributed by atoms with Crippen molar-refractivity contribution in [3.63, 3.8) is 0 Å². The lowest BCUT2D eigenvalue weighted by Gasteiger charge is -2.34. The van der Waals surface area contributed by atoms with Crippen molar-refractivity contribution in [1.29, 1.82) is 0 Å². The van der Waals surface area contributed by atoms with Crippen molar-refractivity contribution in [3.8, 4) is 0 Å². The van der Waals surface area contributed by atoms with Crippen LogP contribution < -0.4 is 0 Å². The standard InChI is InChI=1S/C26H46O4/c1-2-4-6-11-22(10-5-3-1)26-14-13-21(15-27-17-24-19-29-24)9-7-8-12-23(26)16-28-18-25-20-30-25/h21-26H,1-20H2. The highest BCUT2D eigenvalue weighted by Crippen LogP contribution is 2.40. The first-order valence-corrected chi connectivity index (χ1v) is 13.3. The molecule has 0 N–H and O–H groups in total. The number of rotatable bonds is 9. The summed E-state index contributed by atoms with van der Waals surface area (Å²) in [6, 6.07) is 0. The zero-order chi connectivity index (χ0) is 20.4. The van der Waals surface area contributed by atoms with Gasteiger partial charge in [-0.05, 0) is 49.4 Å². The third-order valence-electron chi connectivity index (χ3n) is 8.05. The van der Waals surface area contributed by atoms with Gasteiger partial charge in [-0.15, -0.1) is 0 Å². The molecule has 5 atom stereocenters. The molecule has 4 aliphatic rings. The minimum atomic E-state index is 0.390. The second-order valence-electron chi connectivity index (χ2n) is 10.6. The van der Waals surface area contributed by atoms with Gasteiger partial charge in [0.25, 0.3) is 0 Å². The molecule has 0 radical (unpaired) electrons. The minimum Gasteiger partial charge on any atom is -0.378 e. The number of epoxide rings is 2. The highest BCUT2D eigenvalue weighted by atomic mass is 16.6. The molecule has 0 aromatic heterocycles. The maximum absolute atomic E-state index is 6.20. The molecule has 0 amide bonds. The maximum Gasteiger partial charge on any atom is 0.104 e. The SMILES string of the molecule is C1CCCCC(C2CCC(COCC3CO3)CCCCC2COCC2CO2)CCC1. The van der Waals surface area contributed by atoms with Gasteiger partial charge < -0.3 is 18.9 Å². The number of ether oxygens (including phenoxy) is 4. The molecule has 2 heterocycles. The van der Waals surface area contributed by atoms with Crippen LogP contribution in [0.2, 0.25) is 0 Å². The molecule has 4 rings (SSSR count). The first kappa shape index (κ1) is 23.0. The van der Waals surface area contributed by atoms with Gasteiger partial charge in [0.05, 0.1) is 26.4 Å². The van der Waals surface area contributed by atoms with Crippen LogP contribution >= 0.6 is 0 Å². The summed E-state index contributed by atoms with van der Waals surface area (Å²) in [5.74, 6) is 3.24. The maximum atomic E-state index is 6.20. The molecule has 2 aliphatic heterocycles. The van der Waals surface area contributed by atoms with Gasteiger partial charge in [0.2, 0.25) is 0 Å². The summed E-state index contributed by atoms with van der Waals surface area (Å²) >= 11 is 0. The molecule has 4 heteroatoms. The van der Waals surface area contributed by atoms with E-state index in [9.17, 15) is 0 Å². The van der Waals surface area contributed by atoms with Crippen LogP contribution in [0.15, 0.2) is 0 Å². The van der Waals surface area contributed by atoms with Crippen LogP contribution in [0.4, 0.5) is 0 Å². The van der Waals surface area contributed by atoms with Gasteiger partial charge in [-0.1, -0.05) is 64.2 Å². The Kier molecular flexibility index (Phi) is 9.80. The average Bonchev–Trinajstić information content (AvgIpc) is 3.67. The van der Waals surface area contributed by atoms with Crippen molar-refractivity contribution in [2.45, 2.75) is 102 Å². The largest absolute Gasteiger partial charge is 0.378 e. The molecule has 4 fully saturated rings. The van der Waals surface area contributed by atoms with Crippen molar-refractivity contribution in [2.75, 3.05) is 39.6 Å². The van der Waals surface area contributed by atoms with Gasteiger partial charge in [-0.3, -0.25) is 0 Å². The minimum absolute atomic E-state index is 0.390. The van der Waals surface area contributed by atoms with Crippen LogP contribution in [0.25, 0.3) is 0 Å². The fourth-order valence-electron chi connectivity index (χ4n) is 5.99. The monoisotopic (exact) mass is 422 g/mol. The van der Waals surface area contributed by atoms with Gasteiger partial charge in [0.1, 0.15) is 12.2 Å². The Labute approximate surface area is 184 Å². The smallest absolute Gasteiger partial charge is 0.104 e. The molecule has 0 spiro atoms. The van der Waals surface area contributed by atoms with E-state index in [0.29, 0.717) is 12.2 Å². The Morgan fingerprint density at radius 1 is 0.533 bits per heavy atom. The molecule has 4 nitrogen and oxygen atoms in total. The molecule has 2 saturated carbocycles. The van der Waals surface area contributed by atoms with Crippen LogP contribution in [0.5, 0.6) is 0 Å².